The van der Waals surface area contributed by atoms with Gasteiger partial charge in [0.05, 0.1) is 12.7 Å². The molecule has 1 nitrogen and oxygen atoms in total. The smallest absolute Gasteiger partial charge is 0.0605 e. The van der Waals surface area contributed by atoms with Crippen molar-refractivity contribution in [1.29, 1.82) is 0 Å². The first-order chi connectivity index (χ1) is 5.81. The lowest BCUT2D eigenvalue weighted by Crippen LogP contribution is -2.09. The number of rotatable bonds is 8. The highest BCUT2D eigenvalue weighted by Gasteiger charge is 2.00. The second-order valence-electron chi connectivity index (χ2n) is 3.22. The highest BCUT2D eigenvalue weighted by atomic mass is 35.5. The number of alkyl halides is 1. The number of unbranched alkanes of at least 4 members (excludes halogenated alkanes) is 3. The minimum Gasteiger partial charge on any atom is -0.377 e. The summed E-state index contributed by atoms with van der Waals surface area (Å²) in [5, 5.41) is 0. The van der Waals surface area contributed by atoms with Crippen molar-refractivity contribution in [3.63, 3.8) is 0 Å². The van der Waals surface area contributed by atoms with Crippen LogP contribution in [0.4, 0.5) is 0 Å². The molecule has 0 saturated heterocycles. The van der Waals surface area contributed by atoms with E-state index in [1.54, 1.807) is 0 Å². The molecule has 0 aromatic carbocycles. The molecule has 12 heavy (non-hydrogen) atoms. The van der Waals surface area contributed by atoms with Gasteiger partial charge in [-0.15, -0.1) is 11.6 Å². The quantitative estimate of drug-likeness (QED) is 0.422. The van der Waals surface area contributed by atoms with E-state index in [9.17, 15) is 0 Å². The van der Waals surface area contributed by atoms with Crippen LogP contribution >= 0.6 is 11.6 Å². The zero-order chi connectivity index (χ0) is 9.23. The van der Waals surface area contributed by atoms with Gasteiger partial charge < -0.3 is 4.74 Å². The SMILES string of the molecule is CCCCCC[C@H](C)OCCCl. The first-order valence-electron chi connectivity index (χ1n) is 4.98. The Hall–Kier alpha value is 0.250. The summed E-state index contributed by atoms with van der Waals surface area (Å²) in [6, 6.07) is 0. The molecule has 1 atom stereocenters. The van der Waals surface area contributed by atoms with Crippen LogP contribution in [-0.4, -0.2) is 18.6 Å². The van der Waals surface area contributed by atoms with Gasteiger partial charge in [0.15, 0.2) is 0 Å². The van der Waals surface area contributed by atoms with Crippen LogP contribution in [-0.2, 0) is 4.74 Å². The molecule has 0 N–H and O–H groups in total. The molecule has 2 heteroatoms. The molecule has 74 valence electrons. The standard InChI is InChI=1S/C10H21ClO/c1-3-4-5-6-7-10(2)12-9-8-11/h10H,3-9H2,1-2H3/t10-/m0/s1. The summed E-state index contributed by atoms with van der Waals surface area (Å²) in [5.41, 5.74) is 0. The Labute approximate surface area is 81.4 Å². The minimum atomic E-state index is 0.389. The van der Waals surface area contributed by atoms with Crippen LogP contribution in [0.3, 0.4) is 0 Å². The second-order valence-corrected chi connectivity index (χ2v) is 3.60. The molecular weight excluding hydrogens is 172 g/mol. The van der Waals surface area contributed by atoms with E-state index >= 15 is 0 Å². The largest absolute Gasteiger partial charge is 0.377 e. The van der Waals surface area contributed by atoms with Gasteiger partial charge in [0.25, 0.3) is 0 Å². The number of halogens is 1. The van der Waals surface area contributed by atoms with E-state index in [4.69, 9.17) is 16.3 Å². The van der Waals surface area contributed by atoms with Crippen LogP contribution in [0.15, 0.2) is 0 Å². The Morgan fingerprint density at radius 3 is 2.58 bits per heavy atom. The van der Waals surface area contributed by atoms with Crippen LogP contribution in [0.25, 0.3) is 0 Å². The molecule has 0 aliphatic heterocycles. The summed E-state index contributed by atoms with van der Waals surface area (Å²) in [6.45, 7) is 5.04. The summed E-state index contributed by atoms with van der Waals surface area (Å²) in [4.78, 5) is 0. The molecule has 0 aromatic heterocycles. The number of hydrogen-bond donors (Lipinski definition) is 0. The van der Waals surface area contributed by atoms with Gasteiger partial charge in [-0.2, -0.15) is 0 Å². The molecule has 0 aliphatic carbocycles. The van der Waals surface area contributed by atoms with Gasteiger partial charge >= 0.3 is 0 Å². The molecule has 0 spiro atoms. The molecule has 0 radical (unpaired) electrons. The maximum Gasteiger partial charge on any atom is 0.0605 e. The van der Waals surface area contributed by atoms with E-state index in [1.807, 2.05) is 0 Å². The van der Waals surface area contributed by atoms with E-state index in [0.29, 0.717) is 18.6 Å². The summed E-state index contributed by atoms with van der Waals surface area (Å²) < 4.78 is 5.44. The topological polar surface area (TPSA) is 9.23 Å². The Kier molecular flexibility index (Phi) is 9.53. The molecular formula is C10H21ClO. The predicted molar refractivity (Wildman–Crippen MR) is 54.9 cm³/mol. The van der Waals surface area contributed by atoms with Crippen LogP contribution in [0, 0.1) is 0 Å². The van der Waals surface area contributed by atoms with E-state index < -0.39 is 0 Å². The van der Waals surface area contributed by atoms with Gasteiger partial charge in [0.1, 0.15) is 0 Å². The Morgan fingerprint density at radius 2 is 2.00 bits per heavy atom. The van der Waals surface area contributed by atoms with Crippen molar-refractivity contribution in [3.05, 3.63) is 0 Å². The number of ether oxygens (including phenoxy) is 1. The fraction of sp³-hybridized carbons (Fsp3) is 1.00. The molecule has 0 fully saturated rings. The van der Waals surface area contributed by atoms with Gasteiger partial charge in [-0.25, -0.2) is 0 Å². The van der Waals surface area contributed by atoms with E-state index in [2.05, 4.69) is 13.8 Å². The summed E-state index contributed by atoms with van der Waals surface area (Å²) in [5.74, 6) is 0.610. The van der Waals surface area contributed by atoms with Gasteiger partial charge in [-0.1, -0.05) is 32.6 Å². The Morgan fingerprint density at radius 1 is 1.25 bits per heavy atom. The number of hydrogen-bond acceptors (Lipinski definition) is 1. The third kappa shape index (κ3) is 8.35. The predicted octanol–water partition coefficient (Wildman–Crippen LogP) is 3.60. The molecule has 0 saturated carbocycles. The Balaban J connectivity index is 3.02. The molecule has 0 amide bonds. The van der Waals surface area contributed by atoms with Crippen molar-refractivity contribution in [2.24, 2.45) is 0 Å². The van der Waals surface area contributed by atoms with Gasteiger partial charge in [0.2, 0.25) is 0 Å². The van der Waals surface area contributed by atoms with E-state index in [0.717, 1.165) is 0 Å². The van der Waals surface area contributed by atoms with Crippen molar-refractivity contribution in [3.8, 4) is 0 Å². The normalized spacial score (nSPS) is 13.2. The van der Waals surface area contributed by atoms with E-state index in [-0.39, 0.29) is 0 Å². The third-order valence-corrected chi connectivity index (χ3v) is 2.10. The monoisotopic (exact) mass is 192 g/mol. The van der Waals surface area contributed by atoms with Crippen LogP contribution in [0.5, 0.6) is 0 Å². The van der Waals surface area contributed by atoms with Crippen molar-refractivity contribution < 1.29 is 4.74 Å². The van der Waals surface area contributed by atoms with Crippen LogP contribution in [0.2, 0.25) is 0 Å². The van der Waals surface area contributed by atoms with Gasteiger partial charge in [-0.05, 0) is 13.3 Å². The maximum absolute atomic E-state index is 5.50. The van der Waals surface area contributed by atoms with Crippen LogP contribution in [0.1, 0.15) is 46.0 Å². The molecule has 0 unspecified atom stereocenters. The fourth-order valence-electron chi connectivity index (χ4n) is 1.19. The van der Waals surface area contributed by atoms with Crippen molar-refractivity contribution >= 4 is 11.6 Å². The van der Waals surface area contributed by atoms with Gasteiger partial charge in [-0.3, -0.25) is 0 Å². The highest BCUT2D eigenvalue weighted by molar-refractivity contribution is 6.17. The first-order valence-corrected chi connectivity index (χ1v) is 5.52. The lowest BCUT2D eigenvalue weighted by molar-refractivity contribution is 0.0698. The minimum absolute atomic E-state index is 0.389. The van der Waals surface area contributed by atoms with Crippen molar-refractivity contribution in [2.75, 3.05) is 12.5 Å². The molecule has 0 rings (SSSR count). The second kappa shape index (κ2) is 9.34. The molecule has 0 aliphatic rings. The van der Waals surface area contributed by atoms with Crippen molar-refractivity contribution in [1.82, 2.24) is 0 Å². The fourth-order valence-corrected chi connectivity index (χ4v) is 1.28. The zero-order valence-corrected chi connectivity index (χ0v) is 9.07. The summed E-state index contributed by atoms with van der Waals surface area (Å²) >= 11 is 5.50. The van der Waals surface area contributed by atoms with Crippen molar-refractivity contribution in [2.45, 2.75) is 52.1 Å². The first kappa shape index (κ1) is 12.2. The third-order valence-electron chi connectivity index (χ3n) is 1.94. The lowest BCUT2D eigenvalue weighted by Gasteiger charge is -2.11. The average Bonchev–Trinajstić information content (AvgIpc) is 2.09. The van der Waals surface area contributed by atoms with Gasteiger partial charge in [0, 0.05) is 5.88 Å². The average molecular weight is 193 g/mol. The Bertz CT molecular complexity index is 85.9. The summed E-state index contributed by atoms with van der Waals surface area (Å²) in [7, 11) is 0. The highest BCUT2D eigenvalue weighted by Crippen LogP contribution is 2.07. The molecule has 0 heterocycles. The zero-order valence-electron chi connectivity index (χ0n) is 8.31. The molecule has 0 bridgehead atoms. The lowest BCUT2D eigenvalue weighted by atomic mass is 10.1. The van der Waals surface area contributed by atoms with Crippen LogP contribution < -0.4 is 0 Å². The maximum atomic E-state index is 5.50. The summed E-state index contributed by atoms with van der Waals surface area (Å²) in [6.07, 6.45) is 6.85. The molecule has 0 aromatic rings. The van der Waals surface area contributed by atoms with E-state index in [1.165, 1.54) is 32.1 Å².